The standard InChI is InChI=1S/C32H30N2O3/c35-30(33-17-9-2-10-18-33)25(19-20-11-3-1-4-12-20)34-31(36)28-26-21-13-5-6-14-22(21)27(29(28)32(34)37)24-16-8-7-15-23(24)26/h1,3-8,11-16,25-29H,2,9-10,17-19H2/t25-,26?,27?,28-,29-/m0/s1. The van der Waals surface area contributed by atoms with Crippen LogP contribution in [0.15, 0.2) is 78.9 Å². The van der Waals surface area contributed by atoms with Crippen LogP contribution in [-0.2, 0) is 20.8 Å². The smallest absolute Gasteiger partial charge is 0.246 e. The maximum Gasteiger partial charge on any atom is 0.246 e. The van der Waals surface area contributed by atoms with Crippen molar-refractivity contribution in [3.63, 3.8) is 0 Å². The van der Waals surface area contributed by atoms with Gasteiger partial charge in [0.25, 0.3) is 0 Å². The van der Waals surface area contributed by atoms with Gasteiger partial charge in [0.05, 0.1) is 11.8 Å². The summed E-state index contributed by atoms with van der Waals surface area (Å²) >= 11 is 0. The first-order valence-electron chi connectivity index (χ1n) is 13.5. The van der Waals surface area contributed by atoms with Gasteiger partial charge in [0.15, 0.2) is 0 Å². The molecule has 3 aliphatic carbocycles. The third-order valence-electron chi connectivity index (χ3n) is 9.02. The van der Waals surface area contributed by atoms with Crippen molar-refractivity contribution in [2.45, 2.75) is 43.6 Å². The molecule has 5 heteroatoms. The highest BCUT2D eigenvalue weighted by Crippen LogP contribution is 2.61. The zero-order valence-electron chi connectivity index (χ0n) is 20.8. The molecule has 2 fully saturated rings. The summed E-state index contributed by atoms with van der Waals surface area (Å²) in [4.78, 5) is 45.9. The molecule has 2 bridgehead atoms. The molecule has 0 saturated carbocycles. The van der Waals surface area contributed by atoms with Gasteiger partial charge in [-0.1, -0.05) is 78.9 Å². The average molecular weight is 491 g/mol. The monoisotopic (exact) mass is 490 g/mol. The third-order valence-corrected chi connectivity index (χ3v) is 9.02. The van der Waals surface area contributed by atoms with E-state index in [4.69, 9.17) is 0 Å². The summed E-state index contributed by atoms with van der Waals surface area (Å²) in [6, 6.07) is 25.5. The number of amides is 3. The molecule has 5 nitrogen and oxygen atoms in total. The van der Waals surface area contributed by atoms with Crippen molar-refractivity contribution in [1.29, 1.82) is 0 Å². The first-order chi connectivity index (χ1) is 18.1. The minimum Gasteiger partial charge on any atom is -0.341 e. The lowest BCUT2D eigenvalue weighted by Crippen LogP contribution is -2.53. The lowest BCUT2D eigenvalue weighted by molar-refractivity contribution is -0.152. The Balaban J connectivity index is 1.32. The number of benzene rings is 3. The van der Waals surface area contributed by atoms with Crippen LogP contribution >= 0.6 is 0 Å². The molecule has 0 aromatic heterocycles. The normalized spacial score (nSPS) is 26.5. The Hall–Kier alpha value is -3.73. The Bertz CT molecular complexity index is 1280. The maximum absolute atomic E-state index is 14.3. The molecule has 0 N–H and O–H groups in total. The van der Waals surface area contributed by atoms with Gasteiger partial charge in [-0.3, -0.25) is 19.3 Å². The molecule has 3 aromatic carbocycles. The van der Waals surface area contributed by atoms with E-state index in [0.717, 1.165) is 47.1 Å². The minimum absolute atomic E-state index is 0.0914. The van der Waals surface area contributed by atoms with Crippen molar-refractivity contribution in [3.8, 4) is 0 Å². The summed E-state index contributed by atoms with van der Waals surface area (Å²) in [5, 5.41) is 0. The molecule has 3 aromatic rings. The van der Waals surface area contributed by atoms with Crippen molar-refractivity contribution < 1.29 is 14.4 Å². The molecule has 2 heterocycles. The van der Waals surface area contributed by atoms with Gasteiger partial charge < -0.3 is 4.90 Å². The highest BCUT2D eigenvalue weighted by Gasteiger charge is 2.63. The van der Waals surface area contributed by atoms with E-state index >= 15 is 0 Å². The fourth-order valence-electron chi connectivity index (χ4n) is 7.46. The van der Waals surface area contributed by atoms with Crippen molar-refractivity contribution in [2.24, 2.45) is 11.8 Å². The van der Waals surface area contributed by atoms with Crippen LogP contribution < -0.4 is 0 Å². The summed E-state index contributed by atoms with van der Waals surface area (Å²) in [5.41, 5.74) is 5.56. The number of carbonyl (C=O) groups excluding carboxylic acids is 3. The van der Waals surface area contributed by atoms with Crippen molar-refractivity contribution in [1.82, 2.24) is 9.80 Å². The molecule has 186 valence electrons. The van der Waals surface area contributed by atoms with Crippen molar-refractivity contribution in [3.05, 3.63) is 107 Å². The van der Waals surface area contributed by atoms with Crippen molar-refractivity contribution >= 4 is 17.7 Å². The molecular weight excluding hydrogens is 460 g/mol. The van der Waals surface area contributed by atoms with Gasteiger partial charge in [-0.25, -0.2) is 0 Å². The Morgan fingerprint density at radius 2 is 1.14 bits per heavy atom. The van der Waals surface area contributed by atoms with Crippen LogP contribution in [0, 0.1) is 11.8 Å². The summed E-state index contributed by atoms with van der Waals surface area (Å²) in [6.07, 6.45) is 3.39. The van der Waals surface area contributed by atoms with Crippen LogP contribution in [0.25, 0.3) is 0 Å². The fourth-order valence-corrected chi connectivity index (χ4v) is 7.46. The van der Waals surface area contributed by atoms with Crippen LogP contribution in [-0.4, -0.2) is 46.7 Å². The predicted octanol–water partition coefficient (Wildman–Crippen LogP) is 4.50. The van der Waals surface area contributed by atoms with E-state index < -0.39 is 17.9 Å². The largest absolute Gasteiger partial charge is 0.341 e. The van der Waals surface area contributed by atoms with Gasteiger partial charge in [0.2, 0.25) is 17.7 Å². The Morgan fingerprint density at radius 3 is 1.62 bits per heavy atom. The lowest BCUT2D eigenvalue weighted by Gasteiger charge is -2.45. The highest BCUT2D eigenvalue weighted by molar-refractivity contribution is 6.10. The van der Waals surface area contributed by atoms with E-state index in [1.807, 2.05) is 59.5 Å². The van der Waals surface area contributed by atoms with E-state index in [0.29, 0.717) is 19.5 Å². The molecule has 5 aliphatic rings. The number of likely N-dealkylation sites (tertiary alicyclic amines) is 2. The molecule has 3 amide bonds. The number of nitrogens with zero attached hydrogens (tertiary/aromatic N) is 2. The minimum atomic E-state index is -0.809. The second kappa shape index (κ2) is 8.69. The fraction of sp³-hybridized carbons (Fsp3) is 0.344. The third kappa shape index (κ3) is 3.33. The van der Waals surface area contributed by atoms with E-state index in [1.165, 1.54) is 4.90 Å². The molecule has 2 saturated heterocycles. The number of carbonyl (C=O) groups is 3. The lowest BCUT2D eigenvalue weighted by atomic mass is 9.55. The zero-order valence-corrected chi connectivity index (χ0v) is 20.8. The molecular formula is C32H30N2O3. The van der Waals surface area contributed by atoms with E-state index in [9.17, 15) is 14.4 Å². The van der Waals surface area contributed by atoms with Gasteiger partial charge in [-0.15, -0.1) is 0 Å². The van der Waals surface area contributed by atoms with Gasteiger partial charge in [-0.05, 0) is 47.1 Å². The topological polar surface area (TPSA) is 57.7 Å². The SMILES string of the molecule is O=C([C@H](Cc1ccccc1)N1C(=O)[C@H]2C3c4ccccc4C(c4ccccc43)[C@@H]2C1=O)N1CCCCC1. The van der Waals surface area contributed by atoms with Crippen molar-refractivity contribution in [2.75, 3.05) is 13.1 Å². The first kappa shape index (κ1) is 22.5. The van der Waals surface area contributed by atoms with Crippen LogP contribution in [0.5, 0.6) is 0 Å². The van der Waals surface area contributed by atoms with Crippen LogP contribution in [0.2, 0.25) is 0 Å². The Morgan fingerprint density at radius 1 is 0.676 bits per heavy atom. The van der Waals surface area contributed by atoms with Gasteiger partial charge in [0.1, 0.15) is 6.04 Å². The highest BCUT2D eigenvalue weighted by atomic mass is 16.2. The summed E-state index contributed by atoms with van der Waals surface area (Å²) in [5.74, 6) is -1.70. The van der Waals surface area contributed by atoms with Crippen LogP contribution in [0.4, 0.5) is 0 Å². The van der Waals surface area contributed by atoms with Crippen LogP contribution in [0.3, 0.4) is 0 Å². The van der Waals surface area contributed by atoms with E-state index in [1.54, 1.807) is 0 Å². The second-order valence-corrected chi connectivity index (χ2v) is 10.9. The summed E-state index contributed by atoms with van der Waals surface area (Å²) in [7, 11) is 0. The van der Waals surface area contributed by atoms with Gasteiger partial charge in [-0.2, -0.15) is 0 Å². The molecule has 8 rings (SSSR count). The predicted molar refractivity (Wildman–Crippen MR) is 140 cm³/mol. The maximum atomic E-state index is 14.3. The zero-order chi connectivity index (χ0) is 25.1. The van der Waals surface area contributed by atoms with Gasteiger partial charge in [0, 0.05) is 31.3 Å². The van der Waals surface area contributed by atoms with E-state index in [2.05, 4.69) is 24.3 Å². The van der Waals surface area contributed by atoms with Gasteiger partial charge >= 0.3 is 0 Å². The molecule has 0 radical (unpaired) electrons. The Labute approximate surface area is 217 Å². The average Bonchev–Trinajstić information content (AvgIpc) is 3.22. The first-order valence-corrected chi connectivity index (χ1v) is 13.5. The molecule has 37 heavy (non-hydrogen) atoms. The van der Waals surface area contributed by atoms with E-state index in [-0.39, 0.29) is 29.6 Å². The summed E-state index contributed by atoms with van der Waals surface area (Å²) < 4.78 is 0. The molecule has 0 spiro atoms. The molecule has 2 aliphatic heterocycles. The Kier molecular flexibility index (Phi) is 5.27. The number of piperidine rings is 1. The summed E-state index contributed by atoms with van der Waals surface area (Å²) in [6.45, 7) is 1.38. The number of imide groups is 1. The number of hydrogen-bond acceptors (Lipinski definition) is 3. The second-order valence-electron chi connectivity index (χ2n) is 10.9. The van der Waals surface area contributed by atoms with Crippen LogP contribution in [0.1, 0.15) is 58.9 Å². The molecule has 0 unspecified atom stereocenters. The number of hydrogen-bond donors (Lipinski definition) is 0. The molecule has 3 atom stereocenters. The number of rotatable bonds is 4. The quantitative estimate of drug-likeness (QED) is 0.506.